The fourth-order valence-corrected chi connectivity index (χ4v) is 2.93. The molecule has 2 fully saturated rings. The van der Waals surface area contributed by atoms with E-state index >= 15 is 0 Å². The Kier molecular flexibility index (Phi) is 5.74. The number of rotatable bonds is 3. The summed E-state index contributed by atoms with van der Waals surface area (Å²) in [4.78, 5) is 12.1. The van der Waals surface area contributed by atoms with Gasteiger partial charge in [-0.15, -0.1) is 12.4 Å². The van der Waals surface area contributed by atoms with Gasteiger partial charge in [-0.05, 0) is 44.7 Å². The molecule has 1 heterocycles. The predicted octanol–water partition coefficient (Wildman–Crippen LogP) is 2.10. The molecule has 0 radical (unpaired) electrons. The molecule has 17 heavy (non-hydrogen) atoms. The minimum absolute atomic E-state index is 0. The summed E-state index contributed by atoms with van der Waals surface area (Å²) in [5.74, 6) is 0.929. The zero-order chi connectivity index (χ0) is 11.4. The summed E-state index contributed by atoms with van der Waals surface area (Å²) in [6, 6.07) is 0. The lowest BCUT2D eigenvalue weighted by Gasteiger charge is -2.26. The van der Waals surface area contributed by atoms with Crippen molar-refractivity contribution in [1.29, 1.82) is 0 Å². The van der Waals surface area contributed by atoms with Crippen molar-refractivity contribution in [3.8, 4) is 0 Å². The van der Waals surface area contributed by atoms with Crippen LogP contribution in [0.1, 0.15) is 45.4 Å². The molecule has 0 aromatic rings. The molecular formula is C13H25ClN2O. The van der Waals surface area contributed by atoms with E-state index in [1.165, 1.54) is 25.7 Å². The highest BCUT2D eigenvalue weighted by Gasteiger charge is 2.36. The number of piperidine rings is 1. The van der Waals surface area contributed by atoms with Crippen LogP contribution in [0.15, 0.2) is 0 Å². The molecule has 2 N–H and O–H groups in total. The highest BCUT2D eigenvalue weighted by atomic mass is 35.5. The van der Waals surface area contributed by atoms with Crippen molar-refractivity contribution in [2.24, 2.45) is 11.3 Å². The molecule has 100 valence electrons. The van der Waals surface area contributed by atoms with E-state index in [0.717, 1.165) is 32.5 Å². The molecule has 0 bridgehead atoms. The predicted molar refractivity (Wildman–Crippen MR) is 72.4 cm³/mol. The van der Waals surface area contributed by atoms with Crippen molar-refractivity contribution in [2.45, 2.75) is 45.4 Å². The summed E-state index contributed by atoms with van der Waals surface area (Å²) < 4.78 is 0. The van der Waals surface area contributed by atoms with Crippen LogP contribution in [0, 0.1) is 11.3 Å². The summed E-state index contributed by atoms with van der Waals surface area (Å²) in [6.45, 7) is 5.19. The first-order chi connectivity index (χ1) is 7.71. The average Bonchev–Trinajstić information content (AvgIpc) is 2.76. The molecule has 1 aliphatic heterocycles. The van der Waals surface area contributed by atoms with E-state index in [4.69, 9.17) is 0 Å². The second-order valence-corrected chi connectivity index (χ2v) is 5.69. The monoisotopic (exact) mass is 260 g/mol. The minimum Gasteiger partial charge on any atom is -0.355 e. The van der Waals surface area contributed by atoms with Crippen molar-refractivity contribution in [3.05, 3.63) is 0 Å². The first-order valence-corrected chi connectivity index (χ1v) is 6.70. The maximum atomic E-state index is 12.1. The lowest BCUT2D eigenvalue weighted by atomic mass is 9.87. The Bertz CT molecular complexity index is 246. The molecular weight excluding hydrogens is 236 g/mol. The average molecular weight is 261 g/mol. The Labute approximate surface area is 111 Å². The summed E-state index contributed by atoms with van der Waals surface area (Å²) in [5.41, 5.74) is -0.0674. The SMILES string of the molecule is CC1(C(=O)NCC2CCCNC2)CCCC1.Cl. The maximum absolute atomic E-state index is 12.1. The molecule has 1 atom stereocenters. The van der Waals surface area contributed by atoms with Gasteiger partial charge in [0.25, 0.3) is 0 Å². The van der Waals surface area contributed by atoms with Crippen LogP contribution in [0.2, 0.25) is 0 Å². The van der Waals surface area contributed by atoms with E-state index in [1.54, 1.807) is 0 Å². The highest BCUT2D eigenvalue weighted by molar-refractivity contribution is 5.85. The quantitative estimate of drug-likeness (QED) is 0.816. The van der Waals surface area contributed by atoms with Gasteiger partial charge >= 0.3 is 0 Å². The minimum atomic E-state index is -0.0674. The van der Waals surface area contributed by atoms with Crippen LogP contribution < -0.4 is 10.6 Å². The number of halogens is 1. The molecule has 1 saturated heterocycles. The van der Waals surface area contributed by atoms with E-state index in [2.05, 4.69) is 17.6 Å². The molecule has 4 heteroatoms. The van der Waals surface area contributed by atoms with Gasteiger partial charge in [-0.1, -0.05) is 19.8 Å². The number of amides is 1. The van der Waals surface area contributed by atoms with Gasteiger partial charge in [-0.2, -0.15) is 0 Å². The molecule has 2 aliphatic rings. The summed E-state index contributed by atoms with van der Waals surface area (Å²) in [5, 5.41) is 6.54. The van der Waals surface area contributed by atoms with E-state index in [9.17, 15) is 4.79 Å². The van der Waals surface area contributed by atoms with Crippen LogP contribution in [0.5, 0.6) is 0 Å². The molecule has 0 aromatic carbocycles. The third-order valence-electron chi connectivity index (χ3n) is 4.21. The van der Waals surface area contributed by atoms with Gasteiger partial charge in [0.1, 0.15) is 0 Å². The second kappa shape index (κ2) is 6.60. The topological polar surface area (TPSA) is 41.1 Å². The summed E-state index contributed by atoms with van der Waals surface area (Å²) >= 11 is 0. The van der Waals surface area contributed by atoms with Crippen molar-refractivity contribution in [2.75, 3.05) is 19.6 Å². The molecule has 2 rings (SSSR count). The molecule has 1 unspecified atom stereocenters. The first-order valence-electron chi connectivity index (χ1n) is 6.70. The van der Waals surface area contributed by atoms with Crippen molar-refractivity contribution < 1.29 is 4.79 Å². The number of hydrogen-bond acceptors (Lipinski definition) is 2. The van der Waals surface area contributed by atoms with E-state index in [-0.39, 0.29) is 23.7 Å². The Hall–Kier alpha value is -0.280. The Morgan fingerprint density at radius 2 is 2.06 bits per heavy atom. The number of nitrogens with one attached hydrogen (secondary N) is 2. The fourth-order valence-electron chi connectivity index (χ4n) is 2.93. The third-order valence-corrected chi connectivity index (χ3v) is 4.21. The number of carbonyl (C=O) groups excluding carboxylic acids is 1. The van der Waals surface area contributed by atoms with Gasteiger partial charge in [0.15, 0.2) is 0 Å². The van der Waals surface area contributed by atoms with Crippen LogP contribution in [0.4, 0.5) is 0 Å². The van der Waals surface area contributed by atoms with Crippen LogP contribution in [-0.2, 0) is 4.79 Å². The Morgan fingerprint density at radius 3 is 2.65 bits per heavy atom. The molecule has 1 aliphatic carbocycles. The first kappa shape index (κ1) is 14.8. The molecule has 0 aromatic heterocycles. The lowest BCUT2D eigenvalue weighted by molar-refractivity contribution is -0.130. The van der Waals surface area contributed by atoms with Gasteiger partial charge in [0.05, 0.1) is 0 Å². The molecule has 0 spiro atoms. The smallest absolute Gasteiger partial charge is 0.225 e. The largest absolute Gasteiger partial charge is 0.355 e. The van der Waals surface area contributed by atoms with E-state index in [0.29, 0.717) is 5.92 Å². The molecule has 3 nitrogen and oxygen atoms in total. The van der Waals surface area contributed by atoms with E-state index in [1.807, 2.05) is 0 Å². The van der Waals surface area contributed by atoms with Gasteiger partial charge in [0.2, 0.25) is 5.91 Å². The molecule has 1 amide bonds. The summed E-state index contributed by atoms with van der Waals surface area (Å²) in [7, 11) is 0. The second-order valence-electron chi connectivity index (χ2n) is 5.69. The van der Waals surface area contributed by atoms with Crippen molar-refractivity contribution in [1.82, 2.24) is 10.6 Å². The number of carbonyl (C=O) groups is 1. The lowest BCUT2D eigenvalue weighted by Crippen LogP contribution is -2.42. The molecule has 1 saturated carbocycles. The number of hydrogen-bond donors (Lipinski definition) is 2. The van der Waals surface area contributed by atoms with Gasteiger partial charge in [0, 0.05) is 12.0 Å². The zero-order valence-electron chi connectivity index (χ0n) is 10.8. The van der Waals surface area contributed by atoms with E-state index < -0.39 is 0 Å². The fraction of sp³-hybridized carbons (Fsp3) is 0.923. The Balaban J connectivity index is 0.00000144. The van der Waals surface area contributed by atoms with Crippen LogP contribution in [0.25, 0.3) is 0 Å². The van der Waals surface area contributed by atoms with Gasteiger partial charge in [-0.25, -0.2) is 0 Å². The Morgan fingerprint density at radius 1 is 1.35 bits per heavy atom. The summed E-state index contributed by atoms with van der Waals surface area (Å²) in [6.07, 6.45) is 7.08. The van der Waals surface area contributed by atoms with Crippen LogP contribution in [-0.4, -0.2) is 25.5 Å². The van der Waals surface area contributed by atoms with Crippen molar-refractivity contribution in [3.63, 3.8) is 0 Å². The van der Waals surface area contributed by atoms with Gasteiger partial charge < -0.3 is 10.6 Å². The highest BCUT2D eigenvalue weighted by Crippen LogP contribution is 2.37. The zero-order valence-corrected chi connectivity index (χ0v) is 11.6. The van der Waals surface area contributed by atoms with Gasteiger partial charge in [-0.3, -0.25) is 4.79 Å². The van der Waals surface area contributed by atoms with Crippen molar-refractivity contribution >= 4 is 18.3 Å². The third kappa shape index (κ3) is 3.85. The standard InChI is InChI=1S/C13H24N2O.ClH/c1-13(6-2-3-7-13)12(16)15-10-11-5-4-8-14-9-11;/h11,14H,2-10H2,1H3,(H,15,16);1H. The normalized spacial score (nSPS) is 27.2. The maximum Gasteiger partial charge on any atom is 0.225 e. The van der Waals surface area contributed by atoms with Crippen LogP contribution >= 0.6 is 12.4 Å². The van der Waals surface area contributed by atoms with Crippen LogP contribution in [0.3, 0.4) is 0 Å².